The zero-order valence-electron chi connectivity index (χ0n) is 10.4. The minimum Gasteiger partial charge on any atom is -0.381 e. The Labute approximate surface area is 98.7 Å². The van der Waals surface area contributed by atoms with Crippen LogP contribution in [0.15, 0.2) is 0 Å². The fourth-order valence-corrected chi connectivity index (χ4v) is 2.84. The summed E-state index contributed by atoms with van der Waals surface area (Å²) in [4.78, 5) is 2.59. The first-order chi connectivity index (χ1) is 7.75. The maximum atomic E-state index is 7.67. The summed E-state index contributed by atoms with van der Waals surface area (Å²) in [6.07, 6.45) is 4.87. The molecule has 0 bridgehead atoms. The van der Waals surface area contributed by atoms with Crippen molar-refractivity contribution in [3.8, 4) is 0 Å². The third kappa shape index (κ3) is 3.29. The molecular weight excluding hydrogens is 200 g/mol. The molecule has 2 aliphatic heterocycles. The minimum atomic E-state index is 0.561. The van der Waals surface area contributed by atoms with Crippen molar-refractivity contribution in [3.05, 3.63) is 0 Å². The van der Waals surface area contributed by atoms with Crippen molar-refractivity contribution in [2.24, 2.45) is 11.8 Å². The van der Waals surface area contributed by atoms with Gasteiger partial charge >= 0.3 is 0 Å². The maximum Gasteiger partial charge on any atom is 0.0469 e. The molecule has 0 aromatic rings. The molecule has 16 heavy (non-hydrogen) atoms. The molecule has 0 atom stereocenters. The normalized spacial score (nSPS) is 25.8. The average molecular weight is 224 g/mol. The van der Waals surface area contributed by atoms with Crippen molar-refractivity contribution < 1.29 is 4.74 Å². The van der Waals surface area contributed by atoms with Crippen molar-refractivity contribution in [3.63, 3.8) is 0 Å². The Kier molecular flexibility index (Phi) is 4.36. The van der Waals surface area contributed by atoms with E-state index in [1.807, 2.05) is 6.92 Å². The number of piperidine rings is 1. The quantitative estimate of drug-likeness (QED) is 0.746. The predicted molar refractivity (Wildman–Crippen MR) is 66.1 cm³/mol. The molecule has 1 N–H and O–H groups in total. The first-order valence-corrected chi connectivity index (χ1v) is 6.61. The van der Waals surface area contributed by atoms with E-state index >= 15 is 0 Å². The molecule has 0 spiro atoms. The number of nitrogens with zero attached hydrogens (tertiary/aromatic N) is 1. The van der Waals surface area contributed by atoms with Crippen LogP contribution in [-0.2, 0) is 4.74 Å². The maximum absolute atomic E-state index is 7.67. The molecule has 0 aliphatic carbocycles. The number of rotatable bonds is 3. The molecule has 0 unspecified atom stereocenters. The lowest BCUT2D eigenvalue weighted by Crippen LogP contribution is -2.39. The molecule has 3 nitrogen and oxygen atoms in total. The number of nitrogens with one attached hydrogen (secondary N) is 1. The highest BCUT2D eigenvalue weighted by atomic mass is 16.5. The highest BCUT2D eigenvalue weighted by molar-refractivity contribution is 5.81. The summed E-state index contributed by atoms with van der Waals surface area (Å²) in [5.41, 5.74) is 0.880. The molecule has 2 aliphatic rings. The number of ether oxygens (including phenoxy) is 1. The Morgan fingerprint density at radius 1 is 1.19 bits per heavy atom. The van der Waals surface area contributed by atoms with Crippen molar-refractivity contribution in [1.29, 1.82) is 5.41 Å². The summed E-state index contributed by atoms with van der Waals surface area (Å²) >= 11 is 0. The Morgan fingerprint density at radius 2 is 1.81 bits per heavy atom. The fraction of sp³-hybridized carbons (Fsp3) is 0.923. The van der Waals surface area contributed by atoms with Gasteiger partial charge in [0.15, 0.2) is 0 Å². The van der Waals surface area contributed by atoms with Crippen molar-refractivity contribution in [1.82, 2.24) is 4.90 Å². The average Bonchev–Trinajstić information content (AvgIpc) is 2.31. The molecule has 2 heterocycles. The molecule has 0 aromatic carbocycles. The van der Waals surface area contributed by atoms with Gasteiger partial charge in [0.1, 0.15) is 0 Å². The van der Waals surface area contributed by atoms with E-state index in [4.69, 9.17) is 10.1 Å². The summed E-state index contributed by atoms with van der Waals surface area (Å²) in [5, 5.41) is 7.67. The summed E-state index contributed by atoms with van der Waals surface area (Å²) in [6, 6.07) is 0. The Hall–Kier alpha value is -0.410. The van der Waals surface area contributed by atoms with E-state index in [0.717, 1.165) is 24.8 Å². The number of likely N-dealkylation sites (tertiary alicyclic amines) is 1. The summed E-state index contributed by atoms with van der Waals surface area (Å²) in [7, 11) is 0. The van der Waals surface area contributed by atoms with Gasteiger partial charge in [0.05, 0.1) is 0 Å². The van der Waals surface area contributed by atoms with Crippen LogP contribution in [0, 0.1) is 17.2 Å². The highest BCUT2D eigenvalue weighted by Gasteiger charge is 2.23. The second-order valence-electron chi connectivity index (χ2n) is 5.31. The van der Waals surface area contributed by atoms with Crippen LogP contribution in [0.5, 0.6) is 0 Å². The van der Waals surface area contributed by atoms with Crippen LogP contribution in [0.2, 0.25) is 0 Å². The minimum absolute atomic E-state index is 0.561. The number of hydrogen-bond donors (Lipinski definition) is 1. The zero-order chi connectivity index (χ0) is 11.4. The van der Waals surface area contributed by atoms with Gasteiger partial charge in [-0.25, -0.2) is 0 Å². The summed E-state index contributed by atoms with van der Waals surface area (Å²) in [5.74, 6) is 1.41. The van der Waals surface area contributed by atoms with Crippen LogP contribution in [0.3, 0.4) is 0 Å². The fourth-order valence-electron chi connectivity index (χ4n) is 2.84. The van der Waals surface area contributed by atoms with Crippen molar-refractivity contribution in [2.75, 3.05) is 32.8 Å². The molecule has 3 heteroatoms. The third-order valence-electron chi connectivity index (χ3n) is 4.06. The van der Waals surface area contributed by atoms with Gasteiger partial charge in [-0.3, -0.25) is 0 Å². The predicted octanol–water partition coefficient (Wildman–Crippen LogP) is 2.16. The van der Waals surface area contributed by atoms with Crippen LogP contribution in [-0.4, -0.2) is 43.5 Å². The van der Waals surface area contributed by atoms with Gasteiger partial charge in [-0.2, -0.15) is 0 Å². The smallest absolute Gasteiger partial charge is 0.0469 e. The van der Waals surface area contributed by atoms with Crippen molar-refractivity contribution in [2.45, 2.75) is 32.6 Å². The topological polar surface area (TPSA) is 36.3 Å². The molecule has 92 valence electrons. The van der Waals surface area contributed by atoms with Gasteiger partial charge in [0.2, 0.25) is 0 Å². The zero-order valence-corrected chi connectivity index (χ0v) is 10.4. The van der Waals surface area contributed by atoms with Crippen LogP contribution in [0.4, 0.5) is 0 Å². The van der Waals surface area contributed by atoms with E-state index in [-0.39, 0.29) is 0 Å². The Morgan fingerprint density at radius 3 is 2.38 bits per heavy atom. The molecule has 2 saturated heterocycles. The van der Waals surface area contributed by atoms with Crippen LogP contribution < -0.4 is 0 Å². The number of hydrogen-bond acceptors (Lipinski definition) is 3. The summed E-state index contributed by atoms with van der Waals surface area (Å²) < 4.78 is 5.39. The van der Waals surface area contributed by atoms with E-state index in [1.54, 1.807) is 0 Å². The molecule has 0 radical (unpaired) electrons. The molecule has 2 rings (SSSR count). The third-order valence-corrected chi connectivity index (χ3v) is 4.06. The van der Waals surface area contributed by atoms with E-state index in [2.05, 4.69) is 4.90 Å². The van der Waals surface area contributed by atoms with Gasteiger partial charge in [0.25, 0.3) is 0 Å². The second-order valence-corrected chi connectivity index (χ2v) is 5.31. The largest absolute Gasteiger partial charge is 0.381 e. The highest BCUT2D eigenvalue weighted by Crippen LogP contribution is 2.22. The monoisotopic (exact) mass is 224 g/mol. The molecule has 0 saturated carbocycles. The first-order valence-electron chi connectivity index (χ1n) is 6.61. The van der Waals surface area contributed by atoms with E-state index in [9.17, 15) is 0 Å². The SMILES string of the molecule is CC(=N)C1CCN(CC2CCOCC2)CC1. The van der Waals surface area contributed by atoms with Crippen LogP contribution >= 0.6 is 0 Å². The molecular formula is C13H24N2O. The van der Waals surface area contributed by atoms with E-state index < -0.39 is 0 Å². The summed E-state index contributed by atoms with van der Waals surface area (Å²) in [6.45, 7) is 7.52. The van der Waals surface area contributed by atoms with Crippen LogP contribution in [0.25, 0.3) is 0 Å². The second kappa shape index (κ2) is 5.78. The van der Waals surface area contributed by atoms with Gasteiger partial charge in [-0.1, -0.05) is 0 Å². The lowest BCUT2D eigenvalue weighted by Gasteiger charge is -2.35. The molecule has 0 aromatic heterocycles. The Bertz CT molecular complexity index is 228. The lowest BCUT2D eigenvalue weighted by molar-refractivity contribution is 0.0485. The standard InChI is InChI=1S/C13H24N2O/c1-11(14)13-2-6-15(7-3-13)10-12-4-8-16-9-5-12/h12-14H,2-10H2,1H3. The van der Waals surface area contributed by atoms with Crippen molar-refractivity contribution >= 4 is 5.71 Å². The molecule has 0 amide bonds. The van der Waals surface area contributed by atoms with Gasteiger partial charge in [-0.15, -0.1) is 0 Å². The van der Waals surface area contributed by atoms with Crippen LogP contribution in [0.1, 0.15) is 32.6 Å². The Balaban J connectivity index is 1.70. The van der Waals surface area contributed by atoms with Gasteiger partial charge in [0, 0.05) is 25.5 Å². The van der Waals surface area contributed by atoms with Gasteiger partial charge in [-0.05, 0) is 57.5 Å². The first kappa shape index (κ1) is 12.1. The lowest BCUT2D eigenvalue weighted by atomic mass is 9.91. The van der Waals surface area contributed by atoms with Gasteiger partial charge < -0.3 is 15.0 Å². The van der Waals surface area contributed by atoms with E-state index in [0.29, 0.717) is 5.92 Å². The molecule has 2 fully saturated rings. The van der Waals surface area contributed by atoms with E-state index in [1.165, 1.54) is 45.3 Å².